The minimum atomic E-state index is -3.86. The maximum absolute atomic E-state index is 13.3. The summed E-state index contributed by atoms with van der Waals surface area (Å²) in [6.45, 7) is 6.62. The van der Waals surface area contributed by atoms with Gasteiger partial charge in [-0.2, -0.15) is 0 Å². The van der Waals surface area contributed by atoms with Crippen LogP contribution < -0.4 is 5.32 Å². The van der Waals surface area contributed by atoms with Gasteiger partial charge in [0.05, 0.1) is 10.3 Å². The second-order valence-corrected chi connectivity index (χ2v) is 11.5. The highest BCUT2D eigenvalue weighted by Gasteiger charge is 2.29. The average molecular weight is 536 g/mol. The molecule has 0 saturated carbocycles. The van der Waals surface area contributed by atoms with Crippen molar-refractivity contribution in [3.63, 3.8) is 0 Å². The number of nitrogens with zero attached hydrogens (tertiary/aromatic N) is 4. The van der Waals surface area contributed by atoms with Crippen LogP contribution in [0.5, 0.6) is 0 Å². The topological polar surface area (TPSA) is 106 Å². The Morgan fingerprint density at radius 1 is 1.21 bits per heavy atom. The van der Waals surface area contributed by atoms with Crippen LogP contribution in [0.2, 0.25) is 0 Å². The molecule has 0 radical (unpaired) electrons. The first kappa shape index (κ1) is 23.5. The molecule has 176 valence electrons. The van der Waals surface area contributed by atoms with Gasteiger partial charge in [-0.15, -0.1) is 0 Å². The van der Waals surface area contributed by atoms with Crippen molar-refractivity contribution in [2.75, 3.05) is 18.4 Å². The van der Waals surface area contributed by atoms with E-state index in [1.165, 1.54) is 10.3 Å². The summed E-state index contributed by atoms with van der Waals surface area (Å²) >= 11 is 3.38. The molecular formula is C22H26BrN5O4S. The highest BCUT2D eigenvalue weighted by Crippen LogP contribution is 2.31. The van der Waals surface area contributed by atoms with E-state index in [2.05, 4.69) is 31.2 Å². The van der Waals surface area contributed by atoms with Gasteiger partial charge >= 0.3 is 6.09 Å². The Balaban J connectivity index is 1.61. The number of hydrogen-bond acceptors (Lipinski definition) is 7. The standard InChI is InChI=1S/C22H26BrN5O4S/c1-22(2,3)32-21(29)27-11-7-8-15(13-27)26-19-17-12-18(23)28(20(17)25-14-24-19)33(30,31)16-9-5-4-6-10-16/h4-6,9-10,12,14-15H,7-8,11,13H2,1-3H3,(H,24,25,26). The van der Waals surface area contributed by atoms with Crippen molar-refractivity contribution in [3.05, 3.63) is 47.3 Å². The lowest BCUT2D eigenvalue weighted by atomic mass is 10.1. The fourth-order valence-electron chi connectivity index (χ4n) is 3.78. The van der Waals surface area contributed by atoms with Crippen LogP contribution in [-0.4, -0.2) is 58.1 Å². The second kappa shape index (κ2) is 8.94. The number of likely N-dealkylation sites (tertiary alicyclic amines) is 1. The van der Waals surface area contributed by atoms with E-state index < -0.39 is 15.6 Å². The predicted octanol–water partition coefficient (Wildman–Crippen LogP) is 4.24. The summed E-state index contributed by atoms with van der Waals surface area (Å²) in [5.41, 5.74) is -0.293. The van der Waals surface area contributed by atoms with E-state index in [4.69, 9.17) is 4.74 Å². The number of halogens is 1. The van der Waals surface area contributed by atoms with E-state index in [0.29, 0.717) is 28.9 Å². The highest BCUT2D eigenvalue weighted by atomic mass is 79.9. The Kier molecular flexibility index (Phi) is 6.37. The van der Waals surface area contributed by atoms with Gasteiger partial charge in [0.15, 0.2) is 5.65 Å². The fraction of sp³-hybridized carbons (Fsp3) is 0.409. The van der Waals surface area contributed by atoms with Crippen molar-refractivity contribution in [2.45, 2.75) is 50.2 Å². The van der Waals surface area contributed by atoms with Crippen molar-refractivity contribution >= 4 is 48.9 Å². The van der Waals surface area contributed by atoms with E-state index in [-0.39, 0.29) is 22.7 Å². The quantitative estimate of drug-likeness (QED) is 0.532. The molecule has 9 nitrogen and oxygen atoms in total. The van der Waals surface area contributed by atoms with E-state index >= 15 is 0 Å². The zero-order chi connectivity index (χ0) is 23.8. The number of carbonyl (C=O) groups excluding carboxylic acids is 1. The molecule has 1 saturated heterocycles. The van der Waals surface area contributed by atoms with Crippen molar-refractivity contribution in [1.82, 2.24) is 18.8 Å². The molecule has 2 aromatic heterocycles. The van der Waals surface area contributed by atoms with Gasteiger partial charge in [-0.05, 0) is 67.7 Å². The van der Waals surface area contributed by atoms with Gasteiger partial charge in [-0.1, -0.05) is 18.2 Å². The number of rotatable bonds is 4. The lowest BCUT2D eigenvalue weighted by Crippen LogP contribution is -2.47. The Hall–Kier alpha value is -2.66. The summed E-state index contributed by atoms with van der Waals surface area (Å²) < 4.78 is 33.5. The van der Waals surface area contributed by atoms with Crippen LogP contribution in [0, 0.1) is 0 Å². The Morgan fingerprint density at radius 3 is 2.64 bits per heavy atom. The van der Waals surface area contributed by atoms with Crippen molar-refractivity contribution < 1.29 is 17.9 Å². The number of anilines is 1. The minimum Gasteiger partial charge on any atom is -0.444 e. The zero-order valence-corrected chi connectivity index (χ0v) is 21.1. The number of hydrogen-bond donors (Lipinski definition) is 1. The summed E-state index contributed by atoms with van der Waals surface area (Å²) in [5, 5.41) is 3.94. The van der Waals surface area contributed by atoms with Crippen molar-refractivity contribution in [2.24, 2.45) is 0 Å². The maximum atomic E-state index is 13.3. The molecule has 1 aliphatic heterocycles. The van der Waals surface area contributed by atoms with E-state index in [9.17, 15) is 13.2 Å². The first-order chi connectivity index (χ1) is 15.6. The third kappa shape index (κ3) is 4.98. The molecule has 1 aromatic carbocycles. The van der Waals surface area contributed by atoms with Gasteiger partial charge < -0.3 is 15.0 Å². The maximum Gasteiger partial charge on any atom is 0.410 e. The van der Waals surface area contributed by atoms with Crippen LogP contribution in [0.4, 0.5) is 10.6 Å². The predicted molar refractivity (Wildman–Crippen MR) is 129 cm³/mol. The molecule has 3 aromatic rings. The Morgan fingerprint density at radius 2 is 1.94 bits per heavy atom. The van der Waals surface area contributed by atoms with E-state index in [0.717, 1.165) is 12.8 Å². The molecular weight excluding hydrogens is 510 g/mol. The fourth-order valence-corrected chi connectivity index (χ4v) is 6.12. The summed E-state index contributed by atoms with van der Waals surface area (Å²) in [6.07, 6.45) is 2.65. The molecule has 0 aliphatic carbocycles. The Labute approximate surface area is 201 Å². The molecule has 1 unspecified atom stereocenters. The third-order valence-corrected chi connectivity index (χ3v) is 7.74. The van der Waals surface area contributed by atoms with Gasteiger partial charge in [-0.3, -0.25) is 0 Å². The van der Waals surface area contributed by atoms with Crippen molar-refractivity contribution in [1.29, 1.82) is 0 Å². The second-order valence-electron chi connectivity index (χ2n) is 8.92. The number of fused-ring (bicyclic) bond motifs is 1. The minimum absolute atomic E-state index is 0.0581. The van der Waals surface area contributed by atoms with Crippen LogP contribution in [0.3, 0.4) is 0 Å². The van der Waals surface area contributed by atoms with Crippen molar-refractivity contribution in [3.8, 4) is 0 Å². The molecule has 0 spiro atoms. The first-order valence-corrected chi connectivity index (χ1v) is 12.9. The van der Waals surface area contributed by atoms with Crippen LogP contribution >= 0.6 is 15.9 Å². The lowest BCUT2D eigenvalue weighted by molar-refractivity contribution is 0.0206. The van der Waals surface area contributed by atoms with E-state index in [1.807, 2.05) is 20.8 Å². The monoisotopic (exact) mass is 535 g/mol. The molecule has 1 fully saturated rings. The summed E-state index contributed by atoms with van der Waals surface area (Å²) in [4.78, 5) is 22.9. The average Bonchev–Trinajstić information content (AvgIpc) is 3.11. The van der Waals surface area contributed by atoms with Crippen LogP contribution in [0.25, 0.3) is 11.0 Å². The van der Waals surface area contributed by atoms with Crippen LogP contribution in [-0.2, 0) is 14.8 Å². The normalized spacial score (nSPS) is 17.2. The number of aromatic nitrogens is 3. The molecule has 11 heteroatoms. The first-order valence-electron chi connectivity index (χ1n) is 10.6. The molecule has 0 bridgehead atoms. The lowest BCUT2D eigenvalue weighted by Gasteiger charge is -2.34. The summed E-state index contributed by atoms with van der Waals surface area (Å²) in [6, 6.07) is 9.82. The van der Waals surface area contributed by atoms with Gasteiger partial charge in [-0.25, -0.2) is 27.2 Å². The largest absolute Gasteiger partial charge is 0.444 e. The van der Waals surface area contributed by atoms with Crippen LogP contribution in [0.1, 0.15) is 33.6 Å². The third-order valence-electron chi connectivity index (χ3n) is 5.21. The molecule has 4 rings (SSSR count). The van der Waals surface area contributed by atoms with Gasteiger partial charge in [0.1, 0.15) is 22.3 Å². The number of nitrogens with one attached hydrogen (secondary N) is 1. The molecule has 1 aliphatic rings. The summed E-state index contributed by atoms with van der Waals surface area (Å²) in [7, 11) is -3.86. The summed E-state index contributed by atoms with van der Waals surface area (Å²) in [5.74, 6) is 0.513. The molecule has 33 heavy (non-hydrogen) atoms. The Bertz CT molecular complexity index is 1270. The van der Waals surface area contributed by atoms with Crippen LogP contribution in [0.15, 0.2) is 52.2 Å². The van der Waals surface area contributed by atoms with Gasteiger partial charge in [0.25, 0.3) is 10.0 Å². The molecule has 1 atom stereocenters. The number of amides is 1. The number of benzene rings is 1. The number of piperidine rings is 1. The molecule has 1 N–H and O–H groups in total. The van der Waals surface area contributed by atoms with Gasteiger partial charge in [0, 0.05) is 19.1 Å². The SMILES string of the molecule is CC(C)(C)OC(=O)N1CCCC(Nc2ncnc3c2cc(Br)n3S(=O)(=O)c2ccccc2)C1. The smallest absolute Gasteiger partial charge is 0.410 e. The van der Waals surface area contributed by atoms with Gasteiger partial charge in [0.2, 0.25) is 0 Å². The number of carbonyl (C=O) groups is 1. The van der Waals surface area contributed by atoms with E-state index in [1.54, 1.807) is 41.3 Å². The zero-order valence-electron chi connectivity index (χ0n) is 18.7. The number of ether oxygens (including phenoxy) is 1. The molecule has 3 heterocycles. The molecule has 1 amide bonds. The highest BCUT2D eigenvalue weighted by molar-refractivity contribution is 9.10.